The summed E-state index contributed by atoms with van der Waals surface area (Å²) in [6.07, 6.45) is 4.10. The molecule has 1 N–H and O–H groups in total. The minimum absolute atomic E-state index is 0.0224. The molecule has 1 aliphatic heterocycles. The van der Waals surface area contributed by atoms with Crippen molar-refractivity contribution < 1.29 is 9.59 Å². The van der Waals surface area contributed by atoms with Crippen LogP contribution >= 0.6 is 0 Å². The van der Waals surface area contributed by atoms with Crippen molar-refractivity contribution in [3.05, 3.63) is 0 Å². The van der Waals surface area contributed by atoms with Crippen molar-refractivity contribution in [2.45, 2.75) is 65.0 Å². The summed E-state index contributed by atoms with van der Waals surface area (Å²) >= 11 is 0. The van der Waals surface area contributed by atoms with Gasteiger partial charge in [0, 0.05) is 6.54 Å². The fourth-order valence-electron chi connectivity index (χ4n) is 2.67. The topological polar surface area (TPSA) is 49.4 Å². The zero-order valence-electron chi connectivity index (χ0n) is 11.9. The van der Waals surface area contributed by atoms with Crippen molar-refractivity contribution in [3.63, 3.8) is 0 Å². The lowest BCUT2D eigenvalue weighted by atomic mass is 9.90. The number of nitrogens with zero attached hydrogens (tertiary/aromatic N) is 1. The molecule has 2 rings (SSSR count). The molecule has 1 saturated carbocycles. The zero-order chi connectivity index (χ0) is 13.6. The molecule has 2 unspecified atom stereocenters. The summed E-state index contributed by atoms with van der Waals surface area (Å²) in [5, 5.41) is 2.87. The summed E-state index contributed by atoms with van der Waals surface area (Å²) in [6, 6.07) is -0.332. The predicted molar refractivity (Wildman–Crippen MR) is 70.0 cm³/mol. The van der Waals surface area contributed by atoms with Crippen molar-refractivity contribution >= 4 is 11.8 Å². The van der Waals surface area contributed by atoms with E-state index in [2.05, 4.69) is 12.2 Å². The summed E-state index contributed by atoms with van der Waals surface area (Å²) in [6.45, 7) is 8.52. The third-order valence-corrected chi connectivity index (χ3v) is 4.90. The van der Waals surface area contributed by atoms with E-state index in [0.717, 1.165) is 13.0 Å². The van der Waals surface area contributed by atoms with Gasteiger partial charge in [0.15, 0.2) is 0 Å². The van der Waals surface area contributed by atoms with E-state index in [0.29, 0.717) is 6.42 Å². The number of hydrogen-bond acceptors (Lipinski definition) is 2. The van der Waals surface area contributed by atoms with E-state index in [4.69, 9.17) is 0 Å². The van der Waals surface area contributed by atoms with Gasteiger partial charge in [-0.1, -0.05) is 13.8 Å². The second kappa shape index (κ2) is 4.25. The SMILES string of the molecule is CCC1(CN2C(=O)C(C)(CC)NC(=O)C2C)CC1. The largest absolute Gasteiger partial charge is 0.340 e. The molecule has 0 radical (unpaired) electrons. The molecule has 0 aromatic rings. The monoisotopic (exact) mass is 252 g/mol. The molecule has 0 aromatic heterocycles. The summed E-state index contributed by atoms with van der Waals surface area (Å²) < 4.78 is 0. The van der Waals surface area contributed by atoms with Crippen molar-refractivity contribution in [1.29, 1.82) is 0 Å². The number of piperazine rings is 1. The van der Waals surface area contributed by atoms with Gasteiger partial charge in [-0.05, 0) is 44.9 Å². The Balaban J connectivity index is 2.20. The third kappa shape index (κ3) is 2.02. The van der Waals surface area contributed by atoms with Gasteiger partial charge in [0.25, 0.3) is 0 Å². The van der Waals surface area contributed by atoms with E-state index < -0.39 is 5.54 Å². The molecule has 4 heteroatoms. The lowest BCUT2D eigenvalue weighted by molar-refractivity contribution is -0.154. The first-order chi connectivity index (χ1) is 8.37. The summed E-state index contributed by atoms with van der Waals surface area (Å²) in [7, 11) is 0. The number of rotatable bonds is 4. The predicted octanol–water partition coefficient (Wildman–Crippen LogP) is 1.69. The van der Waals surface area contributed by atoms with E-state index in [9.17, 15) is 9.59 Å². The molecule has 1 heterocycles. The van der Waals surface area contributed by atoms with Gasteiger partial charge in [-0.2, -0.15) is 0 Å². The van der Waals surface area contributed by atoms with Crippen molar-refractivity contribution in [1.82, 2.24) is 10.2 Å². The number of hydrogen-bond donors (Lipinski definition) is 1. The second-order valence-electron chi connectivity index (χ2n) is 6.14. The van der Waals surface area contributed by atoms with Crippen LogP contribution in [0.25, 0.3) is 0 Å². The fraction of sp³-hybridized carbons (Fsp3) is 0.857. The highest BCUT2D eigenvalue weighted by molar-refractivity contribution is 5.99. The van der Waals surface area contributed by atoms with Crippen LogP contribution in [0.2, 0.25) is 0 Å². The lowest BCUT2D eigenvalue weighted by Gasteiger charge is -2.44. The molecule has 2 fully saturated rings. The van der Waals surface area contributed by atoms with Gasteiger partial charge in [-0.25, -0.2) is 0 Å². The Labute approximate surface area is 109 Å². The number of carbonyl (C=O) groups excluding carboxylic acids is 2. The standard InChI is InChI=1S/C14H24N2O2/c1-5-13(4)12(18)16(10(3)11(17)15-13)9-14(6-2)7-8-14/h10H,5-9H2,1-4H3,(H,15,17). The molecule has 2 atom stereocenters. The van der Waals surface area contributed by atoms with Gasteiger partial charge in [0.1, 0.15) is 11.6 Å². The van der Waals surface area contributed by atoms with Gasteiger partial charge >= 0.3 is 0 Å². The molecule has 18 heavy (non-hydrogen) atoms. The number of amides is 2. The van der Waals surface area contributed by atoms with E-state index in [1.165, 1.54) is 12.8 Å². The average molecular weight is 252 g/mol. The minimum Gasteiger partial charge on any atom is -0.340 e. The molecule has 2 amide bonds. The molecule has 0 aromatic carbocycles. The molecular weight excluding hydrogens is 228 g/mol. The molecule has 2 aliphatic rings. The van der Waals surface area contributed by atoms with Crippen molar-refractivity contribution in [2.24, 2.45) is 5.41 Å². The fourth-order valence-corrected chi connectivity index (χ4v) is 2.67. The van der Waals surface area contributed by atoms with Crippen LogP contribution in [0, 0.1) is 5.41 Å². The smallest absolute Gasteiger partial charge is 0.248 e. The Morgan fingerprint density at radius 1 is 1.28 bits per heavy atom. The Kier molecular flexibility index (Phi) is 3.16. The quantitative estimate of drug-likeness (QED) is 0.827. The Hall–Kier alpha value is -1.06. The molecular formula is C14H24N2O2. The second-order valence-corrected chi connectivity index (χ2v) is 6.14. The first-order valence-electron chi connectivity index (χ1n) is 7.00. The van der Waals surface area contributed by atoms with Crippen LogP contribution in [0.15, 0.2) is 0 Å². The summed E-state index contributed by atoms with van der Waals surface area (Å²) in [5.74, 6) is 0.0580. The van der Waals surface area contributed by atoms with Crippen LogP contribution in [-0.4, -0.2) is 34.8 Å². The van der Waals surface area contributed by atoms with Crippen molar-refractivity contribution in [2.75, 3.05) is 6.54 Å². The lowest BCUT2D eigenvalue weighted by Crippen LogP contribution is -2.68. The van der Waals surface area contributed by atoms with Crippen LogP contribution in [0.1, 0.15) is 53.4 Å². The van der Waals surface area contributed by atoms with Gasteiger partial charge in [0.2, 0.25) is 11.8 Å². The molecule has 4 nitrogen and oxygen atoms in total. The number of nitrogens with one attached hydrogen (secondary N) is 1. The molecule has 102 valence electrons. The summed E-state index contributed by atoms with van der Waals surface area (Å²) in [5.41, 5.74) is -0.427. The van der Waals surface area contributed by atoms with Gasteiger partial charge in [-0.15, -0.1) is 0 Å². The minimum atomic E-state index is -0.715. The van der Waals surface area contributed by atoms with Crippen LogP contribution < -0.4 is 5.32 Å². The molecule has 1 aliphatic carbocycles. The van der Waals surface area contributed by atoms with Gasteiger partial charge in [-0.3, -0.25) is 9.59 Å². The summed E-state index contributed by atoms with van der Waals surface area (Å²) in [4.78, 5) is 26.4. The van der Waals surface area contributed by atoms with E-state index in [-0.39, 0.29) is 23.3 Å². The van der Waals surface area contributed by atoms with E-state index in [1.807, 2.05) is 20.8 Å². The zero-order valence-corrected chi connectivity index (χ0v) is 11.9. The van der Waals surface area contributed by atoms with Crippen LogP contribution in [0.4, 0.5) is 0 Å². The first-order valence-corrected chi connectivity index (χ1v) is 7.00. The van der Waals surface area contributed by atoms with Crippen LogP contribution in [-0.2, 0) is 9.59 Å². The van der Waals surface area contributed by atoms with E-state index >= 15 is 0 Å². The van der Waals surface area contributed by atoms with Crippen molar-refractivity contribution in [3.8, 4) is 0 Å². The highest BCUT2D eigenvalue weighted by atomic mass is 16.2. The molecule has 1 saturated heterocycles. The highest BCUT2D eigenvalue weighted by Crippen LogP contribution is 2.49. The molecule has 0 bridgehead atoms. The maximum atomic E-state index is 12.6. The Morgan fingerprint density at radius 2 is 1.89 bits per heavy atom. The highest BCUT2D eigenvalue weighted by Gasteiger charge is 2.50. The van der Waals surface area contributed by atoms with Gasteiger partial charge in [0.05, 0.1) is 0 Å². The maximum Gasteiger partial charge on any atom is 0.248 e. The van der Waals surface area contributed by atoms with E-state index in [1.54, 1.807) is 4.90 Å². The van der Waals surface area contributed by atoms with Gasteiger partial charge < -0.3 is 10.2 Å². The van der Waals surface area contributed by atoms with Crippen LogP contribution in [0.3, 0.4) is 0 Å². The Morgan fingerprint density at radius 3 is 2.33 bits per heavy atom. The Bertz CT molecular complexity index is 376. The maximum absolute atomic E-state index is 12.6. The third-order valence-electron chi connectivity index (χ3n) is 4.90. The number of carbonyl (C=O) groups is 2. The molecule has 0 spiro atoms. The average Bonchev–Trinajstić information content (AvgIpc) is 3.13. The first kappa shape index (κ1) is 13.4. The van der Waals surface area contributed by atoms with Crippen LogP contribution in [0.5, 0.6) is 0 Å². The normalized spacial score (nSPS) is 34.4.